The van der Waals surface area contributed by atoms with Gasteiger partial charge in [0.1, 0.15) is 6.04 Å². The lowest BCUT2D eigenvalue weighted by Crippen LogP contribution is -2.49. The molecule has 8 nitrogen and oxygen atoms in total. The number of nitrogens with zero attached hydrogens (tertiary/aromatic N) is 4. The molecule has 4 N–H and O–H groups in total. The summed E-state index contributed by atoms with van der Waals surface area (Å²) in [7, 11) is 0. The number of fused-ring (bicyclic) bond motifs is 1. The molecule has 168 valence electrons. The Kier molecular flexibility index (Phi) is 6.74. The van der Waals surface area contributed by atoms with Crippen LogP contribution in [0.15, 0.2) is 29.4 Å². The summed E-state index contributed by atoms with van der Waals surface area (Å²) < 4.78 is 0. The largest absolute Gasteiger partial charge is 0.368 e. The zero-order valence-corrected chi connectivity index (χ0v) is 18.9. The quantitative estimate of drug-likeness (QED) is 0.699. The number of aliphatic imine (C=N–C) groups is 1. The lowest BCUT2D eigenvalue weighted by Gasteiger charge is -2.26. The molecular weight excluding hydrogens is 451 g/mol. The maximum absolute atomic E-state index is 13.0. The Bertz CT molecular complexity index is 1090. The molecule has 2 heterocycles. The van der Waals surface area contributed by atoms with Crippen LogP contribution in [0, 0.1) is 0 Å². The Balaban J connectivity index is 1.42. The van der Waals surface area contributed by atoms with E-state index in [4.69, 9.17) is 34.7 Å². The molecule has 0 saturated carbocycles. The second kappa shape index (κ2) is 9.52. The molecule has 0 unspecified atom stereocenters. The van der Waals surface area contributed by atoms with Gasteiger partial charge in [0.05, 0.1) is 16.1 Å². The van der Waals surface area contributed by atoms with Gasteiger partial charge in [-0.15, -0.1) is 0 Å². The van der Waals surface area contributed by atoms with E-state index in [2.05, 4.69) is 15.0 Å². The van der Waals surface area contributed by atoms with E-state index in [1.807, 2.05) is 0 Å². The minimum atomic E-state index is -0.780. The first-order valence-electron chi connectivity index (χ1n) is 10.5. The van der Waals surface area contributed by atoms with Gasteiger partial charge in [-0.2, -0.15) is 0 Å². The molecule has 2 atom stereocenters. The van der Waals surface area contributed by atoms with E-state index in [0.717, 1.165) is 29.0 Å². The first-order valence-corrected chi connectivity index (χ1v) is 11.3. The number of hydrogen-bond acceptors (Lipinski definition) is 6. The van der Waals surface area contributed by atoms with Crippen LogP contribution in [0.4, 0.5) is 5.95 Å². The fraction of sp³-hybridized carbons (Fsp3) is 0.409. The van der Waals surface area contributed by atoms with Crippen LogP contribution in [0.2, 0.25) is 10.0 Å². The molecule has 2 amide bonds. The Labute approximate surface area is 196 Å². The van der Waals surface area contributed by atoms with Gasteiger partial charge in [0, 0.05) is 30.6 Å². The van der Waals surface area contributed by atoms with Gasteiger partial charge in [-0.1, -0.05) is 29.3 Å². The van der Waals surface area contributed by atoms with Crippen LogP contribution in [-0.4, -0.2) is 51.0 Å². The minimum Gasteiger partial charge on any atom is -0.368 e. The summed E-state index contributed by atoms with van der Waals surface area (Å²) in [5.74, 6) is -0.310. The highest BCUT2D eigenvalue weighted by atomic mass is 35.5. The third-order valence-corrected chi connectivity index (χ3v) is 6.60. The van der Waals surface area contributed by atoms with Gasteiger partial charge in [-0.3, -0.25) is 9.59 Å². The zero-order valence-electron chi connectivity index (χ0n) is 17.4. The van der Waals surface area contributed by atoms with Crippen LogP contribution in [0.1, 0.15) is 36.1 Å². The Morgan fingerprint density at radius 3 is 2.84 bits per heavy atom. The standard InChI is InChI=1S/C22H24Cl2N6O2/c23-15-5-3-12(8-16(15)24)9-17(25)21(32)30-7-1-2-19(30)20(31)28-14-4-6-18-13(10-14)11-27-22(26)29-18/h3,5,8,11,17,19H,1-2,4,6-7,9-10,25H2,(H2,26,27,29)/t17-,19+/m1/s1. The monoisotopic (exact) mass is 474 g/mol. The number of aromatic nitrogens is 2. The van der Waals surface area contributed by atoms with Gasteiger partial charge in [-0.05, 0) is 55.4 Å². The maximum atomic E-state index is 13.0. The van der Waals surface area contributed by atoms with Crippen molar-refractivity contribution in [1.82, 2.24) is 14.9 Å². The number of rotatable bonds is 4. The van der Waals surface area contributed by atoms with Crippen LogP contribution >= 0.6 is 23.2 Å². The number of carbonyl (C=O) groups is 2. The number of nitrogen functional groups attached to an aromatic ring is 1. The number of nitrogens with two attached hydrogens (primary N) is 2. The molecule has 0 spiro atoms. The number of benzene rings is 1. The van der Waals surface area contributed by atoms with Crippen LogP contribution in [0.3, 0.4) is 0 Å². The maximum Gasteiger partial charge on any atom is 0.268 e. The van der Waals surface area contributed by atoms with Gasteiger partial charge < -0.3 is 16.4 Å². The van der Waals surface area contributed by atoms with E-state index in [1.54, 1.807) is 29.3 Å². The highest BCUT2D eigenvalue weighted by Crippen LogP contribution is 2.25. The Hall–Kier alpha value is -2.55. The summed E-state index contributed by atoms with van der Waals surface area (Å²) in [4.78, 5) is 40.2. The van der Waals surface area contributed by atoms with Crippen LogP contribution in [-0.2, 0) is 28.9 Å². The summed E-state index contributed by atoms with van der Waals surface area (Å²) in [5.41, 5.74) is 15.2. The first kappa shape index (κ1) is 22.6. The van der Waals surface area contributed by atoms with Gasteiger partial charge in [-0.25, -0.2) is 15.0 Å². The van der Waals surface area contributed by atoms with Crippen molar-refractivity contribution < 1.29 is 9.59 Å². The second-order valence-corrected chi connectivity index (χ2v) is 8.96. The summed E-state index contributed by atoms with van der Waals surface area (Å²) in [6, 6.07) is 3.80. The molecule has 0 bridgehead atoms. The minimum absolute atomic E-state index is 0.248. The third kappa shape index (κ3) is 4.92. The average molecular weight is 475 g/mol. The van der Waals surface area contributed by atoms with E-state index in [1.165, 1.54) is 0 Å². The smallest absolute Gasteiger partial charge is 0.268 e. The molecule has 2 aromatic rings. The van der Waals surface area contributed by atoms with Crippen molar-refractivity contribution in [3.05, 3.63) is 51.3 Å². The molecule has 2 aliphatic rings. The summed E-state index contributed by atoms with van der Waals surface area (Å²) >= 11 is 12.0. The summed E-state index contributed by atoms with van der Waals surface area (Å²) in [5, 5.41) is 0.857. The first-order chi connectivity index (χ1) is 15.3. The zero-order chi connectivity index (χ0) is 22.8. The number of likely N-dealkylation sites (tertiary alicyclic amines) is 1. The molecule has 1 aromatic heterocycles. The lowest BCUT2D eigenvalue weighted by atomic mass is 9.95. The highest BCUT2D eigenvalue weighted by molar-refractivity contribution is 6.42. The molecule has 32 heavy (non-hydrogen) atoms. The van der Waals surface area contributed by atoms with Crippen molar-refractivity contribution in [2.45, 2.75) is 50.6 Å². The Morgan fingerprint density at radius 2 is 2.06 bits per heavy atom. The molecular formula is C22H24Cl2N6O2. The molecule has 1 aliphatic carbocycles. The molecule has 1 saturated heterocycles. The predicted molar refractivity (Wildman–Crippen MR) is 124 cm³/mol. The highest BCUT2D eigenvalue weighted by Gasteiger charge is 2.36. The SMILES string of the molecule is Nc1ncc2c(n1)CCC(=NC(=O)[C@@H]1CCCN1C(=O)[C@H](N)Cc1ccc(Cl)c(Cl)c1)C2. The number of carbonyl (C=O) groups excluding carboxylic acids is 2. The fourth-order valence-corrected chi connectivity index (χ4v) is 4.55. The third-order valence-electron chi connectivity index (χ3n) is 5.86. The number of anilines is 1. The van der Waals surface area contributed by atoms with E-state index < -0.39 is 12.1 Å². The lowest BCUT2D eigenvalue weighted by molar-refractivity contribution is -0.138. The van der Waals surface area contributed by atoms with E-state index in [9.17, 15) is 9.59 Å². The van der Waals surface area contributed by atoms with Gasteiger partial charge in [0.15, 0.2) is 0 Å². The van der Waals surface area contributed by atoms with Crippen molar-refractivity contribution in [3.8, 4) is 0 Å². The van der Waals surface area contributed by atoms with Crippen LogP contribution in [0.25, 0.3) is 0 Å². The molecule has 10 heteroatoms. The summed E-state index contributed by atoms with van der Waals surface area (Å²) in [6.45, 7) is 0.491. The van der Waals surface area contributed by atoms with Crippen molar-refractivity contribution in [2.24, 2.45) is 10.7 Å². The van der Waals surface area contributed by atoms with Crippen molar-refractivity contribution in [3.63, 3.8) is 0 Å². The van der Waals surface area contributed by atoms with E-state index >= 15 is 0 Å². The number of hydrogen-bond donors (Lipinski definition) is 2. The molecule has 0 radical (unpaired) electrons. The van der Waals surface area contributed by atoms with Crippen LogP contribution in [0.5, 0.6) is 0 Å². The van der Waals surface area contributed by atoms with Crippen molar-refractivity contribution in [1.29, 1.82) is 0 Å². The topological polar surface area (TPSA) is 128 Å². The molecule has 4 rings (SSSR count). The molecule has 1 aromatic carbocycles. The normalized spacial score (nSPS) is 20.3. The fourth-order valence-electron chi connectivity index (χ4n) is 4.23. The Morgan fingerprint density at radius 1 is 1.25 bits per heavy atom. The van der Waals surface area contributed by atoms with Crippen molar-refractivity contribution >= 4 is 46.7 Å². The number of amides is 2. The van der Waals surface area contributed by atoms with E-state index in [-0.39, 0.29) is 17.8 Å². The van der Waals surface area contributed by atoms with Crippen LogP contribution < -0.4 is 11.5 Å². The number of aryl methyl sites for hydroxylation is 1. The molecule has 1 aliphatic heterocycles. The second-order valence-electron chi connectivity index (χ2n) is 8.14. The molecule has 1 fully saturated rings. The van der Waals surface area contributed by atoms with E-state index in [0.29, 0.717) is 48.7 Å². The summed E-state index contributed by atoms with van der Waals surface area (Å²) in [6.07, 6.45) is 5.12. The van der Waals surface area contributed by atoms with Gasteiger partial charge in [0.25, 0.3) is 5.91 Å². The van der Waals surface area contributed by atoms with Crippen molar-refractivity contribution in [2.75, 3.05) is 12.3 Å². The number of halogens is 2. The predicted octanol–water partition coefficient (Wildman–Crippen LogP) is 2.38. The van der Waals surface area contributed by atoms with Gasteiger partial charge >= 0.3 is 0 Å². The average Bonchev–Trinajstić information content (AvgIpc) is 3.26. The van der Waals surface area contributed by atoms with Gasteiger partial charge in [0.2, 0.25) is 11.9 Å².